The Hall–Kier alpha value is -2.51. The molecule has 4 aromatic rings. The molecule has 1 aliphatic rings. The van der Waals surface area contributed by atoms with Crippen molar-refractivity contribution in [1.29, 1.82) is 0 Å². The van der Waals surface area contributed by atoms with E-state index in [-0.39, 0.29) is 5.56 Å². The lowest BCUT2D eigenvalue weighted by molar-refractivity contribution is 0.242. The van der Waals surface area contributed by atoms with E-state index in [1.807, 2.05) is 28.7 Å². The lowest BCUT2D eigenvalue weighted by atomic mass is 10.1. The van der Waals surface area contributed by atoms with E-state index in [1.54, 1.807) is 23.0 Å². The standard InChI is InChI=1S/C19H19N5OS/c1-22-18(25)14-5-2-3-6-16(14)24-17(20-21-19(22)24)11-23-9-4-7-15(23)13-8-10-26-12-13/h2-3,5-6,8,10,12,15H,4,7,9,11H2,1H3. The van der Waals surface area contributed by atoms with Gasteiger partial charge >= 0.3 is 0 Å². The molecule has 6 nitrogen and oxygen atoms in total. The summed E-state index contributed by atoms with van der Waals surface area (Å²) >= 11 is 1.75. The van der Waals surface area contributed by atoms with Gasteiger partial charge < -0.3 is 0 Å². The second-order valence-corrected chi connectivity index (χ2v) is 7.60. The van der Waals surface area contributed by atoms with Crippen LogP contribution in [-0.2, 0) is 13.6 Å². The zero-order chi connectivity index (χ0) is 17.7. The third-order valence-electron chi connectivity index (χ3n) is 5.33. The van der Waals surface area contributed by atoms with Crippen LogP contribution in [0.4, 0.5) is 0 Å². The molecule has 1 atom stereocenters. The molecule has 132 valence electrons. The molecule has 1 aliphatic heterocycles. The van der Waals surface area contributed by atoms with E-state index in [4.69, 9.17) is 0 Å². The molecule has 1 fully saturated rings. The number of thiophene rings is 1. The summed E-state index contributed by atoms with van der Waals surface area (Å²) in [5, 5.41) is 13.8. The van der Waals surface area contributed by atoms with Gasteiger partial charge in [-0.3, -0.25) is 18.7 Å². The molecule has 7 heteroatoms. The van der Waals surface area contributed by atoms with E-state index >= 15 is 0 Å². The van der Waals surface area contributed by atoms with Crippen LogP contribution in [0.5, 0.6) is 0 Å². The van der Waals surface area contributed by atoms with Crippen molar-refractivity contribution in [2.24, 2.45) is 7.05 Å². The normalized spacial score (nSPS) is 18.3. The van der Waals surface area contributed by atoms with Crippen molar-refractivity contribution in [3.63, 3.8) is 0 Å². The molecular weight excluding hydrogens is 346 g/mol. The van der Waals surface area contributed by atoms with E-state index in [0.29, 0.717) is 17.2 Å². The maximum atomic E-state index is 12.6. The first kappa shape index (κ1) is 15.7. The Morgan fingerprint density at radius 1 is 1.23 bits per heavy atom. The molecule has 0 N–H and O–H groups in total. The molecule has 1 saturated heterocycles. The SMILES string of the molecule is Cn1c(=O)c2ccccc2n2c(CN3CCCC3c3ccsc3)nnc12. The van der Waals surface area contributed by atoms with Crippen LogP contribution in [0.1, 0.15) is 30.3 Å². The van der Waals surface area contributed by atoms with Crippen LogP contribution in [0.2, 0.25) is 0 Å². The van der Waals surface area contributed by atoms with Gasteiger partial charge in [0.2, 0.25) is 5.78 Å². The summed E-state index contributed by atoms with van der Waals surface area (Å²) in [4.78, 5) is 15.0. The Morgan fingerprint density at radius 2 is 2.12 bits per heavy atom. The fraction of sp³-hybridized carbons (Fsp3) is 0.316. The van der Waals surface area contributed by atoms with Crippen molar-refractivity contribution in [2.45, 2.75) is 25.4 Å². The molecule has 0 bridgehead atoms. The number of fused-ring (bicyclic) bond motifs is 3. The molecule has 1 aromatic carbocycles. The lowest BCUT2D eigenvalue weighted by Crippen LogP contribution is -2.25. The van der Waals surface area contributed by atoms with E-state index in [1.165, 1.54) is 18.4 Å². The minimum absolute atomic E-state index is 0.0376. The molecule has 0 saturated carbocycles. The van der Waals surface area contributed by atoms with Crippen LogP contribution in [-0.4, -0.2) is 30.6 Å². The van der Waals surface area contributed by atoms with Gasteiger partial charge in [-0.25, -0.2) is 0 Å². The van der Waals surface area contributed by atoms with Gasteiger partial charge in [0, 0.05) is 13.1 Å². The quantitative estimate of drug-likeness (QED) is 0.560. The molecule has 0 radical (unpaired) electrons. The summed E-state index contributed by atoms with van der Waals surface area (Å²) in [7, 11) is 1.76. The number of hydrogen-bond acceptors (Lipinski definition) is 5. The summed E-state index contributed by atoms with van der Waals surface area (Å²) in [6.45, 7) is 1.78. The molecule has 4 heterocycles. The fourth-order valence-electron chi connectivity index (χ4n) is 4.03. The third kappa shape index (κ3) is 2.31. The first-order valence-corrected chi connectivity index (χ1v) is 9.76. The summed E-state index contributed by atoms with van der Waals surface area (Å²) in [6, 6.07) is 10.3. The van der Waals surface area contributed by atoms with Crippen LogP contribution >= 0.6 is 11.3 Å². The van der Waals surface area contributed by atoms with Gasteiger partial charge in [-0.1, -0.05) is 12.1 Å². The predicted octanol–water partition coefficient (Wildman–Crippen LogP) is 2.98. The van der Waals surface area contributed by atoms with Crippen molar-refractivity contribution in [3.05, 3.63) is 62.8 Å². The van der Waals surface area contributed by atoms with Gasteiger partial charge in [-0.15, -0.1) is 10.2 Å². The molecule has 3 aromatic heterocycles. The van der Waals surface area contributed by atoms with Crippen LogP contribution in [0, 0.1) is 0 Å². The van der Waals surface area contributed by atoms with E-state index in [0.717, 1.165) is 24.4 Å². The summed E-state index contributed by atoms with van der Waals surface area (Å²) in [5.74, 6) is 1.48. The second-order valence-electron chi connectivity index (χ2n) is 6.82. The maximum absolute atomic E-state index is 12.6. The number of benzene rings is 1. The summed E-state index contributed by atoms with van der Waals surface area (Å²) in [5.41, 5.74) is 2.22. The van der Waals surface area contributed by atoms with Gasteiger partial charge in [0.25, 0.3) is 5.56 Å². The van der Waals surface area contributed by atoms with Crippen molar-refractivity contribution in [3.8, 4) is 0 Å². The lowest BCUT2D eigenvalue weighted by Gasteiger charge is -2.23. The van der Waals surface area contributed by atoms with E-state index < -0.39 is 0 Å². The minimum Gasteiger partial charge on any atom is -0.289 e. The molecule has 26 heavy (non-hydrogen) atoms. The number of aromatic nitrogens is 4. The monoisotopic (exact) mass is 365 g/mol. The highest BCUT2D eigenvalue weighted by Gasteiger charge is 2.28. The summed E-state index contributed by atoms with van der Waals surface area (Å²) < 4.78 is 3.61. The topological polar surface area (TPSA) is 55.4 Å². The minimum atomic E-state index is -0.0376. The largest absolute Gasteiger partial charge is 0.289 e. The first-order chi connectivity index (χ1) is 12.7. The van der Waals surface area contributed by atoms with Crippen molar-refractivity contribution < 1.29 is 0 Å². The Morgan fingerprint density at radius 3 is 2.96 bits per heavy atom. The smallest absolute Gasteiger partial charge is 0.262 e. The Bertz CT molecular complexity index is 1140. The number of nitrogens with zero attached hydrogens (tertiary/aromatic N) is 5. The molecule has 0 spiro atoms. The Balaban J connectivity index is 1.63. The van der Waals surface area contributed by atoms with Crippen LogP contribution < -0.4 is 5.56 Å². The van der Waals surface area contributed by atoms with Gasteiger partial charge in [0.1, 0.15) is 0 Å². The molecule has 5 rings (SSSR count). The number of rotatable bonds is 3. The van der Waals surface area contributed by atoms with Crippen LogP contribution in [0.3, 0.4) is 0 Å². The number of aryl methyl sites for hydroxylation is 1. The van der Waals surface area contributed by atoms with Gasteiger partial charge in [-0.05, 0) is 53.9 Å². The Labute approximate surface area is 154 Å². The zero-order valence-corrected chi connectivity index (χ0v) is 15.3. The average molecular weight is 365 g/mol. The zero-order valence-electron chi connectivity index (χ0n) is 14.5. The van der Waals surface area contributed by atoms with Crippen LogP contribution in [0.15, 0.2) is 45.9 Å². The highest BCUT2D eigenvalue weighted by molar-refractivity contribution is 7.07. The van der Waals surface area contributed by atoms with E-state index in [9.17, 15) is 4.79 Å². The molecule has 0 amide bonds. The highest BCUT2D eigenvalue weighted by Crippen LogP contribution is 2.34. The second kappa shape index (κ2) is 6.03. The van der Waals surface area contributed by atoms with Gasteiger partial charge in [-0.2, -0.15) is 11.3 Å². The van der Waals surface area contributed by atoms with Crippen molar-refractivity contribution in [1.82, 2.24) is 24.1 Å². The van der Waals surface area contributed by atoms with Crippen molar-refractivity contribution in [2.75, 3.05) is 6.54 Å². The van der Waals surface area contributed by atoms with Crippen molar-refractivity contribution >= 4 is 28.0 Å². The van der Waals surface area contributed by atoms with Crippen LogP contribution in [0.25, 0.3) is 16.7 Å². The average Bonchev–Trinajstić information content (AvgIpc) is 3.40. The number of likely N-dealkylation sites (tertiary alicyclic amines) is 1. The molecular formula is C19H19N5OS. The number of hydrogen-bond donors (Lipinski definition) is 0. The van der Waals surface area contributed by atoms with Gasteiger partial charge in [0.05, 0.1) is 17.4 Å². The fourth-order valence-corrected chi connectivity index (χ4v) is 4.74. The maximum Gasteiger partial charge on any atom is 0.262 e. The molecule has 0 aliphatic carbocycles. The highest BCUT2D eigenvalue weighted by atomic mass is 32.1. The Kier molecular flexibility index (Phi) is 3.65. The van der Waals surface area contributed by atoms with Gasteiger partial charge in [0.15, 0.2) is 5.82 Å². The summed E-state index contributed by atoms with van der Waals surface area (Å²) in [6.07, 6.45) is 2.36. The predicted molar refractivity (Wildman–Crippen MR) is 102 cm³/mol. The first-order valence-electron chi connectivity index (χ1n) is 8.82. The third-order valence-corrected chi connectivity index (χ3v) is 6.03. The molecule has 1 unspecified atom stereocenters. The number of para-hydroxylation sites is 1. The van der Waals surface area contributed by atoms with E-state index in [2.05, 4.69) is 31.9 Å².